The van der Waals surface area contributed by atoms with Gasteiger partial charge in [-0.25, -0.2) is 0 Å². The molecule has 0 bridgehead atoms. The minimum absolute atomic E-state index is 0.100. The van der Waals surface area contributed by atoms with Gasteiger partial charge < -0.3 is 9.05 Å². The minimum atomic E-state index is -3.50. The first-order valence-corrected chi connectivity index (χ1v) is 7.08. The molecule has 0 radical (unpaired) electrons. The predicted octanol–water partition coefficient (Wildman–Crippen LogP) is 3.08. The highest BCUT2D eigenvalue weighted by Crippen LogP contribution is 2.52. The van der Waals surface area contributed by atoms with E-state index in [0.29, 0.717) is 0 Å². The molecule has 0 saturated carbocycles. The van der Waals surface area contributed by atoms with E-state index in [1.165, 1.54) is 24.3 Å². The number of rotatable bonds is 4. The average molecular weight is 271 g/mol. The summed E-state index contributed by atoms with van der Waals surface area (Å²) in [6.07, 6.45) is 0. The van der Waals surface area contributed by atoms with Gasteiger partial charge in [0.05, 0.1) is 9.04 Å². The van der Waals surface area contributed by atoms with Crippen LogP contribution in [0.3, 0.4) is 0 Å². The number of hydrogen-bond acceptors (Lipinski definition) is 5. The zero-order valence-electron chi connectivity index (χ0n) is 10.1. The molecule has 0 aromatic heterocycles. The fourth-order valence-corrected chi connectivity index (χ4v) is 1.68. The van der Waals surface area contributed by atoms with Crippen molar-refractivity contribution in [3.63, 3.8) is 0 Å². The molecule has 82 valence electrons. The highest BCUT2D eigenvalue weighted by molar-refractivity contribution is 8.22. The lowest BCUT2D eigenvalue weighted by Crippen LogP contribution is -1.90. The van der Waals surface area contributed by atoms with Crippen LogP contribution in [0.5, 0.6) is 5.75 Å². The molecule has 5 nitrogen and oxygen atoms in total. The summed E-state index contributed by atoms with van der Waals surface area (Å²) in [6, 6.07) is 4.86. The van der Waals surface area contributed by atoms with E-state index in [9.17, 15) is 10.1 Å². The summed E-state index contributed by atoms with van der Waals surface area (Å²) in [5.74, 6) is -3.40. The van der Waals surface area contributed by atoms with Crippen LogP contribution >= 0.6 is 17.1 Å². The number of nitrogens with zero attached hydrogens (tertiary/aromatic N) is 1. The maximum absolute atomic E-state index is 10.4. The normalized spacial score (nSPS) is 18.1. The molecule has 1 atom stereocenters. The lowest BCUT2D eigenvalue weighted by atomic mass is 10.3. The summed E-state index contributed by atoms with van der Waals surface area (Å²) in [6.45, 7) is 0. The van der Waals surface area contributed by atoms with Gasteiger partial charge in [-0.15, -0.1) is 0 Å². The van der Waals surface area contributed by atoms with Gasteiger partial charge in [-0.3, -0.25) is 10.1 Å². The molecule has 0 saturated heterocycles. The first-order chi connectivity index (χ1) is 8.09. The number of nitro benzene ring substituents is 1. The smallest absolute Gasteiger partial charge is 0.332 e. The van der Waals surface area contributed by atoms with E-state index in [4.69, 9.17) is 31.7 Å². The van der Waals surface area contributed by atoms with E-state index in [-0.39, 0.29) is 11.4 Å². The molecule has 0 amide bonds. The van der Waals surface area contributed by atoms with Crippen molar-refractivity contribution in [2.45, 2.75) is 0 Å². The van der Waals surface area contributed by atoms with Crippen molar-refractivity contribution in [2.24, 2.45) is 0 Å². The fraction of sp³-hybridized carbons (Fsp3) is 0.143. The molecule has 0 spiro atoms. The van der Waals surface area contributed by atoms with E-state index in [1.807, 2.05) is 0 Å². The molecule has 0 aliphatic carbocycles. The Hall–Kier alpha value is -0.680. The number of non-ortho nitro benzene ring substituents is 1. The van der Waals surface area contributed by atoms with E-state index in [1.54, 1.807) is 0 Å². The largest absolute Gasteiger partial charge is 0.433 e. The van der Waals surface area contributed by atoms with Crippen molar-refractivity contribution in [1.82, 2.24) is 0 Å². The third-order valence-corrected chi connectivity index (χ3v) is 2.88. The molecular weight excluding hydrogens is 261 g/mol. The second-order valence-corrected chi connectivity index (χ2v) is 6.97. The molecular formula is C7H7ClNO4PS. The standard InChI is InChI=1S/C7H7ClNO4PS/c1-12-14(8,15)13-7-4-2-6(3-5-7)9(10)11/h2-5H,1H3/i1D3. The zero-order valence-corrected chi connectivity index (χ0v) is 9.59. The van der Waals surface area contributed by atoms with Gasteiger partial charge in [-0.05, 0) is 35.2 Å². The van der Waals surface area contributed by atoms with Gasteiger partial charge in [0.25, 0.3) is 5.69 Å². The molecule has 8 heteroatoms. The second kappa shape index (κ2) is 4.90. The summed E-state index contributed by atoms with van der Waals surface area (Å²) in [4.78, 5) is 9.83. The Kier molecular flexibility index (Phi) is 2.76. The van der Waals surface area contributed by atoms with Crippen LogP contribution in [0.2, 0.25) is 0 Å². The Morgan fingerprint density at radius 2 is 2.20 bits per heavy atom. The van der Waals surface area contributed by atoms with Crippen LogP contribution in [0.25, 0.3) is 0 Å². The maximum atomic E-state index is 10.4. The Balaban J connectivity index is 2.78. The number of nitro groups is 1. The lowest BCUT2D eigenvalue weighted by molar-refractivity contribution is -0.384. The Morgan fingerprint density at radius 3 is 2.67 bits per heavy atom. The van der Waals surface area contributed by atoms with Crippen LogP contribution in [0, 0.1) is 10.1 Å². The highest BCUT2D eigenvalue weighted by atomic mass is 35.7. The summed E-state index contributed by atoms with van der Waals surface area (Å²) in [5, 5.41) is 10.4. The van der Waals surface area contributed by atoms with Crippen LogP contribution in [-0.4, -0.2) is 12.0 Å². The van der Waals surface area contributed by atoms with E-state index in [2.05, 4.69) is 4.52 Å². The topological polar surface area (TPSA) is 61.6 Å². The first kappa shape index (κ1) is 8.47. The zero-order chi connectivity index (χ0) is 14.0. The highest BCUT2D eigenvalue weighted by Gasteiger charge is 2.15. The quantitative estimate of drug-likeness (QED) is 0.478. The molecule has 0 N–H and O–H groups in total. The Bertz CT molecular complexity index is 494. The molecule has 15 heavy (non-hydrogen) atoms. The van der Waals surface area contributed by atoms with Gasteiger partial charge in [-0.1, -0.05) is 0 Å². The molecule has 0 aliphatic heterocycles. The number of benzene rings is 1. The van der Waals surface area contributed by atoms with E-state index < -0.39 is 17.8 Å². The van der Waals surface area contributed by atoms with Gasteiger partial charge in [0.2, 0.25) is 0 Å². The van der Waals surface area contributed by atoms with Gasteiger partial charge in [0, 0.05) is 19.2 Å². The molecule has 0 aliphatic rings. The Morgan fingerprint density at radius 1 is 1.60 bits per heavy atom. The van der Waals surface area contributed by atoms with Crippen LogP contribution in [-0.2, 0) is 16.3 Å². The summed E-state index contributed by atoms with van der Waals surface area (Å²) >= 11 is 10.3. The van der Waals surface area contributed by atoms with Crippen molar-refractivity contribution in [3.8, 4) is 5.75 Å². The first-order valence-electron chi connectivity index (χ1n) is 5.04. The predicted molar refractivity (Wildman–Crippen MR) is 60.9 cm³/mol. The van der Waals surface area contributed by atoms with Crippen molar-refractivity contribution in [3.05, 3.63) is 34.4 Å². The van der Waals surface area contributed by atoms with Crippen LogP contribution in [0.4, 0.5) is 5.69 Å². The third-order valence-electron chi connectivity index (χ3n) is 1.37. The molecule has 1 aromatic rings. The van der Waals surface area contributed by atoms with Crippen molar-refractivity contribution < 1.29 is 18.1 Å². The van der Waals surface area contributed by atoms with Gasteiger partial charge in [0.15, 0.2) is 0 Å². The molecule has 1 unspecified atom stereocenters. The molecule has 0 fully saturated rings. The monoisotopic (exact) mass is 270 g/mol. The number of hydrogen-bond donors (Lipinski definition) is 0. The SMILES string of the molecule is [2H]C([2H])([2H])OP(=S)(Cl)Oc1ccc([N+](=O)[O-])cc1. The lowest BCUT2D eigenvalue weighted by Gasteiger charge is -2.12. The summed E-state index contributed by atoms with van der Waals surface area (Å²) < 4.78 is 30.0. The van der Waals surface area contributed by atoms with Gasteiger partial charge in [0.1, 0.15) is 5.75 Å². The average Bonchev–Trinajstić information content (AvgIpc) is 2.13. The summed E-state index contributed by atoms with van der Waals surface area (Å²) in [7, 11) is -2.77. The van der Waals surface area contributed by atoms with Crippen LogP contribution in [0.15, 0.2) is 24.3 Å². The summed E-state index contributed by atoms with van der Waals surface area (Å²) in [5.41, 5.74) is -0.137. The van der Waals surface area contributed by atoms with Gasteiger partial charge >= 0.3 is 5.84 Å². The van der Waals surface area contributed by atoms with E-state index >= 15 is 0 Å². The van der Waals surface area contributed by atoms with Crippen molar-refractivity contribution >= 4 is 34.6 Å². The molecule has 1 aromatic carbocycles. The van der Waals surface area contributed by atoms with Crippen LogP contribution < -0.4 is 4.52 Å². The minimum Gasteiger partial charge on any atom is -0.433 e. The van der Waals surface area contributed by atoms with E-state index in [0.717, 1.165) is 0 Å². The van der Waals surface area contributed by atoms with Crippen molar-refractivity contribution in [2.75, 3.05) is 7.04 Å². The van der Waals surface area contributed by atoms with Gasteiger partial charge in [-0.2, -0.15) is 0 Å². The molecule has 0 heterocycles. The second-order valence-electron chi connectivity index (χ2n) is 2.36. The van der Waals surface area contributed by atoms with Crippen LogP contribution in [0.1, 0.15) is 4.11 Å². The van der Waals surface area contributed by atoms with Crippen molar-refractivity contribution in [1.29, 1.82) is 0 Å². The fourth-order valence-electron chi connectivity index (χ4n) is 0.773. The maximum Gasteiger partial charge on any atom is 0.332 e. The Labute approximate surface area is 100 Å². The number of halogens is 1. The molecule has 1 rings (SSSR count). The third kappa shape index (κ3) is 3.76.